The summed E-state index contributed by atoms with van der Waals surface area (Å²) in [5.41, 5.74) is 1.51. The van der Waals surface area contributed by atoms with Crippen LogP contribution in [0.2, 0.25) is 5.02 Å². The number of amides is 1. The van der Waals surface area contributed by atoms with Gasteiger partial charge in [-0.3, -0.25) is 9.48 Å². The maximum absolute atomic E-state index is 13.7. The number of aliphatic hydroxyl groups excluding tert-OH is 1. The zero-order valence-electron chi connectivity index (χ0n) is 18.7. The van der Waals surface area contributed by atoms with Crippen LogP contribution in [-0.2, 0) is 17.3 Å². The fourth-order valence-electron chi connectivity index (χ4n) is 4.68. The highest BCUT2D eigenvalue weighted by molar-refractivity contribution is 7.16. The molecule has 3 aromatic heterocycles. The van der Waals surface area contributed by atoms with Gasteiger partial charge in [0.15, 0.2) is 0 Å². The van der Waals surface area contributed by atoms with Gasteiger partial charge in [-0.1, -0.05) is 23.7 Å². The fourth-order valence-corrected chi connectivity index (χ4v) is 6.15. The van der Waals surface area contributed by atoms with Crippen molar-refractivity contribution in [2.45, 2.75) is 11.6 Å². The number of hydrogen-bond acceptors (Lipinski definition) is 8. The minimum absolute atomic E-state index is 0.132. The number of halogens is 1. The van der Waals surface area contributed by atoms with Gasteiger partial charge in [-0.25, -0.2) is 9.97 Å². The van der Waals surface area contributed by atoms with Crippen molar-refractivity contribution in [2.75, 3.05) is 25.1 Å². The molecule has 2 N–H and O–H groups in total. The van der Waals surface area contributed by atoms with E-state index >= 15 is 0 Å². The van der Waals surface area contributed by atoms with E-state index in [4.69, 9.17) is 16.3 Å². The maximum atomic E-state index is 13.7. The van der Waals surface area contributed by atoms with Crippen LogP contribution in [0.3, 0.4) is 0 Å². The summed E-state index contributed by atoms with van der Waals surface area (Å²) in [5.74, 6) is 1.07. The Balaban J connectivity index is 1.35. The van der Waals surface area contributed by atoms with Crippen molar-refractivity contribution in [1.82, 2.24) is 24.6 Å². The highest BCUT2D eigenvalue weighted by Crippen LogP contribution is 2.53. The first-order valence-electron chi connectivity index (χ1n) is 11.0. The number of fused-ring (bicyclic) bond motifs is 2. The van der Waals surface area contributed by atoms with Gasteiger partial charge in [-0.2, -0.15) is 5.10 Å². The highest BCUT2D eigenvalue weighted by Gasteiger charge is 2.58. The summed E-state index contributed by atoms with van der Waals surface area (Å²) in [6.45, 7) is 0.532. The van der Waals surface area contributed by atoms with Crippen molar-refractivity contribution >= 4 is 40.6 Å². The summed E-state index contributed by atoms with van der Waals surface area (Å²) in [6, 6.07) is 12.3. The number of aryl methyl sites for hydroxylation is 1. The summed E-state index contributed by atoms with van der Waals surface area (Å²) in [6.07, 6.45) is 3.37. The maximum Gasteiger partial charge on any atom is 0.256 e. The van der Waals surface area contributed by atoms with Crippen LogP contribution in [0, 0.1) is 0 Å². The number of aliphatic hydroxyl groups is 1. The molecule has 2 aliphatic rings. The lowest BCUT2D eigenvalue weighted by Crippen LogP contribution is -2.58. The summed E-state index contributed by atoms with van der Waals surface area (Å²) >= 11 is 7.73. The van der Waals surface area contributed by atoms with Gasteiger partial charge >= 0.3 is 0 Å². The Labute approximate surface area is 210 Å². The molecule has 1 amide bonds. The largest absolute Gasteiger partial charge is 0.394 e. The average Bonchev–Trinajstić information content (AvgIpc) is 3.50. The first-order valence-corrected chi connectivity index (χ1v) is 12.2. The Hall–Kier alpha value is -3.31. The normalized spacial score (nSPS) is 16.9. The molecule has 0 unspecified atom stereocenters. The summed E-state index contributed by atoms with van der Waals surface area (Å²) in [4.78, 5) is 26.2. The lowest BCUT2D eigenvalue weighted by molar-refractivity contribution is -0.139. The number of rotatable bonds is 6. The van der Waals surface area contributed by atoms with E-state index in [1.807, 2.05) is 37.4 Å². The van der Waals surface area contributed by atoms with Crippen LogP contribution in [0.15, 0.2) is 54.9 Å². The van der Waals surface area contributed by atoms with Crippen LogP contribution in [0.25, 0.3) is 10.6 Å². The van der Waals surface area contributed by atoms with Gasteiger partial charge in [0.2, 0.25) is 5.95 Å². The summed E-state index contributed by atoms with van der Waals surface area (Å²) in [7, 11) is 1.83. The number of nitrogens with one attached hydrogen (secondary N) is 1. The number of carbonyl (C=O) groups excluding carboxylic acids is 1. The van der Waals surface area contributed by atoms with Crippen LogP contribution in [0.5, 0.6) is 0 Å². The van der Waals surface area contributed by atoms with Gasteiger partial charge in [0.25, 0.3) is 5.91 Å². The predicted octanol–water partition coefficient (Wildman–Crippen LogP) is 3.75. The highest BCUT2D eigenvalue weighted by atomic mass is 35.5. The van der Waals surface area contributed by atoms with Crippen molar-refractivity contribution in [3.8, 4) is 10.6 Å². The smallest absolute Gasteiger partial charge is 0.256 e. The van der Waals surface area contributed by atoms with E-state index in [2.05, 4.69) is 20.4 Å². The van der Waals surface area contributed by atoms with E-state index in [0.29, 0.717) is 35.4 Å². The molecule has 1 fully saturated rings. The molecule has 6 rings (SSSR count). The van der Waals surface area contributed by atoms with Gasteiger partial charge in [0, 0.05) is 29.2 Å². The third-order valence-corrected chi connectivity index (χ3v) is 8.02. The minimum Gasteiger partial charge on any atom is -0.394 e. The number of aromatic nitrogens is 4. The molecule has 9 nitrogen and oxygen atoms in total. The van der Waals surface area contributed by atoms with E-state index in [9.17, 15) is 9.90 Å². The van der Waals surface area contributed by atoms with E-state index in [-0.39, 0.29) is 12.5 Å². The molecule has 5 heterocycles. The standard InChI is InChI=1S/C24H21ClN6O3S/c1-30-20(6-8-27-30)29-23-26-7-5-17(28-23)19-10-16-21(35-19)24(12-34-13-24)31(22(16)33)18(11-32)14-3-2-4-15(25)9-14/h2-10,18,32H,11-13H2,1H3,(H,26,28,29)/t18-/m1/s1. The zero-order chi connectivity index (χ0) is 24.2. The van der Waals surface area contributed by atoms with E-state index in [0.717, 1.165) is 21.1 Å². The number of thiophene rings is 1. The number of anilines is 2. The molecule has 178 valence electrons. The second-order valence-corrected chi connectivity index (χ2v) is 10.0. The minimum atomic E-state index is -0.617. The van der Waals surface area contributed by atoms with Crippen LogP contribution < -0.4 is 5.32 Å². The average molecular weight is 509 g/mol. The van der Waals surface area contributed by atoms with E-state index in [1.54, 1.807) is 34.1 Å². The van der Waals surface area contributed by atoms with Crippen molar-refractivity contribution < 1.29 is 14.6 Å². The molecule has 1 aromatic carbocycles. The lowest BCUT2D eigenvalue weighted by atomic mass is 9.92. The van der Waals surface area contributed by atoms with Gasteiger partial charge in [-0.05, 0) is 29.8 Å². The van der Waals surface area contributed by atoms with Crippen LogP contribution in [0.4, 0.5) is 11.8 Å². The molecule has 35 heavy (non-hydrogen) atoms. The first-order chi connectivity index (χ1) is 17.0. The van der Waals surface area contributed by atoms with Crippen molar-refractivity contribution in [3.05, 3.63) is 75.9 Å². The molecule has 11 heteroatoms. The molecule has 0 radical (unpaired) electrons. The second kappa shape index (κ2) is 8.42. The molecule has 0 saturated carbocycles. The first kappa shape index (κ1) is 22.2. The molecule has 4 aromatic rings. The van der Waals surface area contributed by atoms with E-state index < -0.39 is 11.6 Å². The third-order valence-electron chi connectivity index (χ3n) is 6.43. The third kappa shape index (κ3) is 3.52. The number of nitrogens with zero attached hydrogens (tertiary/aromatic N) is 5. The number of benzene rings is 1. The van der Waals surface area contributed by atoms with Crippen molar-refractivity contribution in [2.24, 2.45) is 7.05 Å². The Morgan fingerprint density at radius 3 is 2.80 bits per heavy atom. The monoisotopic (exact) mass is 508 g/mol. The Morgan fingerprint density at radius 2 is 2.11 bits per heavy atom. The molecule has 2 aliphatic heterocycles. The molecular formula is C24H21ClN6O3S. The van der Waals surface area contributed by atoms with Gasteiger partial charge in [0.1, 0.15) is 11.4 Å². The van der Waals surface area contributed by atoms with Crippen molar-refractivity contribution in [3.63, 3.8) is 0 Å². The quantitative estimate of drug-likeness (QED) is 0.408. The van der Waals surface area contributed by atoms with Crippen LogP contribution in [0.1, 0.15) is 26.8 Å². The van der Waals surface area contributed by atoms with Crippen molar-refractivity contribution in [1.29, 1.82) is 0 Å². The molecular weight excluding hydrogens is 488 g/mol. The van der Waals surface area contributed by atoms with Gasteiger partial charge in [0.05, 0.1) is 48.2 Å². The number of ether oxygens (including phenoxy) is 1. The van der Waals surface area contributed by atoms with E-state index in [1.165, 1.54) is 11.3 Å². The molecule has 1 saturated heterocycles. The molecule has 1 spiro atoms. The Bertz CT molecular complexity index is 1430. The van der Waals surface area contributed by atoms with Crippen LogP contribution >= 0.6 is 22.9 Å². The fraction of sp³-hybridized carbons (Fsp3) is 0.250. The second-order valence-electron chi connectivity index (χ2n) is 8.54. The molecule has 0 bridgehead atoms. The zero-order valence-corrected chi connectivity index (χ0v) is 20.3. The topological polar surface area (TPSA) is 105 Å². The summed E-state index contributed by atoms with van der Waals surface area (Å²) < 4.78 is 7.31. The number of hydrogen-bond donors (Lipinski definition) is 2. The van der Waals surface area contributed by atoms with Gasteiger partial charge < -0.3 is 20.1 Å². The van der Waals surface area contributed by atoms with Gasteiger partial charge in [-0.15, -0.1) is 11.3 Å². The predicted molar refractivity (Wildman–Crippen MR) is 132 cm³/mol. The molecule has 0 aliphatic carbocycles. The lowest BCUT2D eigenvalue weighted by Gasteiger charge is -2.48. The Morgan fingerprint density at radius 1 is 1.26 bits per heavy atom. The Kier molecular flexibility index (Phi) is 5.33. The molecule has 1 atom stereocenters. The number of carbonyl (C=O) groups is 1. The van der Waals surface area contributed by atoms with Crippen LogP contribution in [-0.4, -0.2) is 55.5 Å². The SMILES string of the molecule is Cn1nccc1Nc1nccc(-c2cc3c(s2)C2(COC2)N([C@H](CO)c2cccc(Cl)c2)C3=O)n1. The summed E-state index contributed by atoms with van der Waals surface area (Å²) in [5, 5.41) is 18.2.